The summed E-state index contributed by atoms with van der Waals surface area (Å²) in [6, 6.07) is 0. The van der Waals surface area contributed by atoms with E-state index in [1.54, 1.807) is 0 Å². The van der Waals surface area contributed by atoms with Crippen molar-refractivity contribution in [2.75, 3.05) is 19.8 Å². The lowest BCUT2D eigenvalue weighted by atomic mass is 9.82. The van der Waals surface area contributed by atoms with Gasteiger partial charge in [-0.3, -0.25) is 0 Å². The third-order valence-electron chi connectivity index (χ3n) is 3.93. The molecule has 0 aromatic carbocycles. The van der Waals surface area contributed by atoms with E-state index in [0.717, 1.165) is 37.6 Å². The summed E-state index contributed by atoms with van der Waals surface area (Å²) in [6.07, 6.45) is 5.41. The van der Waals surface area contributed by atoms with Crippen molar-refractivity contribution in [2.45, 2.75) is 25.7 Å². The molecule has 3 rings (SSSR count). The van der Waals surface area contributed by atoms with Gasteiger partial charge in [0, 0.05) is 19.8 Å². The van der Waals surface area contributed by atoms with Gasteiger partial charge in [-0.25, -0.2) is 0 Å². The predicted octanol–water partition coefficient (Wildman–Crippen LogP) is 1.20. The Hall–Kier alpha value is 0.0969. The zero-order valence-corrected chi connectivity index (χ0v) is 9.64. The smallest absolute Gasteiger partial charge is 0.376 e. The first-order valence-corrected chi connectivity index (χ1v) is 7.20. The molecule has 2 aliphatic heterocycles. The average Bonchev–Trinajstić information content (AvgIpc) is 2.58. The zero-order chi connectivity index (χ0) is 9.38. The molecule has 4 heteroatoms. The largest absolute Gasteiger partial charge is 0.484 e. The minimum atomic E-state index is -1.71. The van der Waals surface area contributed by atoms with E-state index in [1.807, 2.05) is 0 Å². The van der Waals surface area contributed by atoms with E-state index in [9.17, 15) is 0 Å². The van der Waals surface area contributed by atoms with Crippen LogP contribution in [0.4, 0.5) is 0 Å². The molecule has 0 aromatic heterocycles. The Morgan fingerprint density at radius 3 is 2.00 bits per heavy atom. The van der Waals surface area contributed by atoms with Crippen molar-refractivity contribution in [3.8, 4) is 0 Å². The van der Waals surface area contributed by atoms with Crippen LogP contribution in [0.5, 0.6) is 0 Å². The van der Waals surface area contributed by atoms with Crippen LogP contribution in [-0.2, 0) is 13.3 Å². The minimum Gasteiger partial charge on any atom is -0.376 e. The number of hydrogen-bond acceptors (Lipinski definition) is 3. The van der Waals surface area contributed by atoms with Gasteiger partial charge in [-0.2, -0.15) is 0 Å². The van der Waals surface area contributed by atoms with Crippen LogP contribution in [0.3, 0.4) is 0 Å². The molecule has 2 saturated heterocycles. The highest BCUT2D eigenvalue weighted by atomic mass is 28.3. The van der Waals surface area contributed by atoms with Crippen molar-refractivity contribution in [1.82, 2.24) is 0 Å². The summed E-state index contributed by atoms with van der Waals surface area (Å²) in [5, 5.41) is 0. The van der Waals surface area contributed by atoms with Crippen molar-refractivity contribution < 1.29 is 13.3 Å². The normalized spacial score (nSPS) is 48.0. The molecule has 3 fully saturated rings. The molecule has 0 amide bonds. The second kappa shape index (κ2) is 3.93. The van der Waals surface area contributed by atoms with Crippen molar-refractivity contribution in [2.24, 2.45) is 17.8 Å². The van der Waals surface area contributed by atoms with Crippen LogP contribution in [0.25, 0.3) is 0 Å². The fourth-order valence-electron chi connectivity index (χ4n) is 3.05. The monoisotopic (exact) mass is 214 g/mol. The van der Waals surface area contributed by atoms with Crippen molar-refractivity contribution in [3.63, 3.8) is 0 Å². The van der Waals surface area contributed by atoms with Crippen LogP contribution in [0.2, 0.25) is 0 Å². The third kappa shape index (κ3) is 1.64. The van der Waals surface area contributed by atoms with Crippen LogP contribution < -0.4 is 0 Å². The van der Waals surface area contributed by atoms with Gasteiger partial charge in [0.25, 0.3) is 0 Å². The quantitative estimate of drug-likeness (QED) is 0.567. The fraction of sp³-hybridized carbons (Fsp3) is 1.00. The van der Waals surface area contributed by atoms with Gasteiger partial charge in [0.1, 0.15) is 0 Å². The molecule has 14 heavy (non-hydrogen) atoms. The van der Waals surface area contributed by atoms with Crippen molar-refractivity contribution in [3.05, 3.63) is 0 Å². The molecule has 1 aliphatic carbocycles. The molecular weight excluding hydrogens is 196 g/mol. The maximum atomic E-state index is 5.71. The summed E-state index contributed by atoms with van der Waals surface area (Å²) in [6.45, 7) is 2.71. The predicted molar refractivity (Wildman–Crippen MR) is 53.9 cm³/mol. The molecule has 2 heterocycles. The molecule has 2 atom stereocenters. The first-order chi connectivity index (χ1) is 6.93. The van der Waals surface area contributed by atoms with E-state index < -0.39 is 9.53 Å². The molecule has 1 saturated carbocycles. The molecule has 0 N–H and O–H groups in total. The fourth-order valence-corrected chi connectivity index (χ4v) is 4.53. The summed E-state index contributed by atoms with van der Waals surface area (Å²) in [4.78, 5) is 0. The molecule has 3 aliphatic rings. The average molecular weight is 214 g/mol. The molecule has 2 bridgehead atoms. The first kappa shape index (κ1) is 9.33. The summed E-state index contributed by atoms with van der Waals surface area (Å²) >= 11 is 0. The summed E-state index contributed by atoms with van der Waals surface area (Å²) in [5.41, 5.74) is 0. The Morgan fingerprint density at radius 2 is 1.36 bits per heavy atom. The molecule has 0 aromatic rings. The van der Waals surface area contributed by atoms with E-state index in [0.29, 0.717) is 0 Å². The standard InChI is InChI=1S/C10H18O3Si/c1-2-4-9-6-12-14-11-5-8(3-1)10(9)7-13-14/h8-10,14H,1-7H2. The van der Waals surface area contributed by atoms with Gasteiger partial charge in [-0.1, -0.05) is 12.8 Å². The first-order valence-electron chi connectivity index (χ1n) is 5.78. The number of rotatable bonds is 0. The SMILES string of the molecule is C1CCC2CO[SiH]3OCC(C1)C2CO3. The van der Waals surface area contributed by atoms with Gasteiger partial charge >= 0.3 is 9.53 Å². The Labute approximate surface area is 86.7 Å². The summed E-state index contributed by atoms with van der Waals surface area (Å²) < 4.78 is 17.1. The van der Waals surface area contributed by atoms with Crippen LogP contribution in [0, 0.1) is 17.8 Å². The Morgan fingerprint density at radius 1 is 0.786 bits per heavy atom. The van der Waals surface area contributed by atoms with E-state index in [2.05, 4.69) is 0 Å². The lowest BCUT2D eigenvalue weighted by Crippen LogP contribution is -2.32. The van der Waals surface area contributed by atoms with Gasteiger partial charge < -0.3 is 13.3 Å². The lowest BCUT2D eigenvalue weighted by molar-refractivity contribution is 0.0756. The molecule has 80 valence electrons. The Bertz CT molecular complexity index is 191. The van der Waals surface area contributed by atoms with Crippen LogP contribution in [0.15, 0.2) is 0 Å². The minimum absolute atomic E-state index is 0.720. The summed E-state index contributed by atoms with van der Waals surface area (Å²) in [5.74, 6) is 2.23. The van der Waals surface area contributed by atoms with Gasteiger partial charge in [0.15, 0.2) is 0 Å². The maximum absolute atomic E-state index is 5.71. The highest BCUT2D eigenvalue weighted by Gasteiger charge is 2.39. The Kier molecular flexibility index (Phi) is 2.62. The molecular formula is C10H18O3Si. The lowest BCUT2D eigenvalue weighted by Gasteiger charge is -2.29. The van der Waals surface area contributed by atoms with E-state index in [-0.39, 0.29) is 0 Å². The highest BCUT2D eigenvalue weighted by Crippen LogP contribution is 2.37. The maximum Gasteiger partial charge on any atom is 0.484 e. The van der Waals surface area contributed by atoms with Crippen molar-refractivity contribution in [1.29, 1.82) is 0 Å². The van der Waals surface area contributed by atoms with Gasteiger partial charge in [-0.15, -0.1) is 0 Å². The van der Waals surface area contributed by atoms with Gasteiger partial charge in [-0.05, 0) is 30.6 Å². The van der Waals surface area contributed by atoms with Gasteiger partial charge in [0.2, 0.25) is 0 Å². The second-order valence-corrected chi connectivity index (χ2v) is 6.33. The zero-order valence-electron chi connectivity index (χ0n) is 8.48. The van der Waals surface area contributed by atoms with Crippen LogP contribution in [-0.4, -0.2) is 29.3 Å². The number of hydrogen-bond donors (Lipinski definition) is 0. The Balaban J connectivity index is 1.85. The molecule has 0 radical (unpaired) electrons. The summed E-state index contributed by atoms with van der Waals surface area (Å²) in [7, 11) is -1.71. The molecule has 3 nitrogen and oxygen atoms in total. The highest BCUT2D eigenvalue weighted by molar-refractivity contribution is 6.36. The topological polar surface area (TPSA) is 27.7 Å². The third-order valence-corrected chi connectivity index (χ3v) is 5.32. The van der Waals surface area contributed by atoms with Crippen LogP contribution >= 0.6 is 0 Å². The number of fused-ring (bicyclic) bond motifs is 2. The second-order valence-electron chi connectivity index (χ2n) is 4.76. The molecule has 2 unspecified atom stereocenters. The van der Waals surface area contributed by atoms with Crippen LogP contribution in [0.1, 0.15) is 25.7 Å². The van der Waals surface area contributed by atoms with E-state index in [4.69, 9.17) is 13.3 Å². The van der Waals surface area contributed by atoms with Crippen molar-refractivity contribution >= 4 is 9.53 Å². The van der Waals surface area contributed by atoms with E-state index in [1.165, 1.54) is 25.7 Å². The van der Waals surface area contributed by atoms with E-state index >= 15 is 0 Å². The van der Waals surface area contributed by atoms with Gasteiger partial charge in [0.05, 0.1) is 0 Å². The molecule has 0 spiro atoms.